The van der Waals surface area contributed by atoms with Crippen molar-refractivity contribution in [1.29, 1.82) is 0 Å². The zero-order valence-electron chi connectivity index (χ0n) is 19.5. The van der Waals surface area contributed by atoms with E-state index in [4.69, 9.17) is 0 Å². The molecule has 4 aromatic carbocycles. The van der Waals surface area contributed by atoms with Gasteiger partial charge in [0.1, 0.15) is 5.25 Å². The minimum absolute atomic E-state index is 0.0972. The number of carbonyl (C=O) groups excluding carboxylic acids is 2. The summed E-state index contributed by atoms with van der Waals surface area (Å²) >= 11 is 1.36. The molecule has 0 aromatic heterocycles. The fraction of sp³-hybridized carbons (Fsp3) is 0.0690. The van der Waals surface area contributed by atoms with Gasteiger partial charge in [0.25, 0.3) is 5.91 Å². The number of carboxylic acid groups (broad SMARTS) is 1. The molecule has 0 bridgehead atoms. The first-order valence-corrected chi connectivity index (χ1v) is 12.1. The highest BCUT2D eigenvalue weighted by Gasteiger charge is 2.22. The lowest BCUT2D eigenvalue weighted by molar-refractivity contribution is -0.115. The molecular weight excluding hydrogens is 472 g/mol. The number of anilines is 2. The first kappa shape index (κ1) is 24.8. The maximum Gasteiger partial charge on any atom is 0.335 e. The van der Waals surface area contributed by atoms with Crippen LogP contribution in [0.5, 0.6) is 0 Å². The van der Waals surface area contributed by atoms with Crippen LogP contribution < -0.4 is 10.6 Å². The van der Waals surface area contributed by atoms with Gasteiger partial charge in [-0.3, -0.25) is 9.59 Å². The number of aryl methyl sites for hydroxylation is 1. The van der Waals surface area contributed by atoms with Crippen molar-refractivity contribution in [3.8, 4) is 0 Å². The van der Waals surface area contributed by atoms with E-state index in [1.54, 1.807) is 30.3 Å². The Labute approximate surface area is 213 Å². The molecule has 0 saturated heterocycles. The lowest BCUT2D eigenvalue weighted by Crippen LogP contribution is -2.19. The zero-order valence-corrected chi connectivity index (χ0v) is 20.3. The van der Waals surface area contributed by atoms with E-state index in [-0.39, 0.29) is 17.4 Å². The lowest BCUT2D eigenvalue weighted by Gasteiger charge is -2.17. The summed E-state index contributed by atoms with van der Waals surface area (Å²) in [6.45, 7) is 1.94. The van der Waals surface area contributed by atoms with Gasteiger partial charge in [-0.15, -0.1) is 11.8 Å². The predicted molar refractivity (Wildman–Crippen MR) is 143 cm³/mol. The van der Waals surface area contributed by atoms with Crippen LogP contribution in [-0.4, -0.2) is 22.9 Å². The largest absolute Gasteiger partial charge is 0.478 e. The molecular formula is C29H24N2O4S. The Morgan fingerprint density at radius 2 is 1.42 bits per heavy atom. The maximum absolute atomic E-state index is 13.3. The minimum Gasteiger partial charge on any atom is -0.478 e. The molecule has 4 aromatic rings. The SMILES string of the molecule is Cc1cccc(C(=O)Nc2ccc(SC(C(=O)Nc3cccc(C(=O)O)c3)c3ccccc3)cc2)c1. The summed E-state index contributed by atoms with van der Waals surface area (Å²) in [5.41, 5.74) is 3.56. The minimum atomic E-state index is -1.06. The normalized spacial score (nSPS) is 11.4. The van der Waals surface area contributed by atoms with Gasteiger partial charge in [-0.1, -0.05) is 54.1 Å². The monoisotopic (exact) mass is 496 g/mol. The maximum atomic E-state index is 13.3. The summed E-state index contributed by atoms with van der Waals surface area (Å²) in [6.07, 6.45) is 0. The molecule has 180 valence electrons. The van der Waals surface area contributed by atoms with Gasteiger partial charge >= 0.3 is 5.97 Å². The number of rotatable bonds is 8. The molecule has 1 atom stereocenters. The Morgan fingerprint density at radius 3 is 2.11 bits per heavy atom. The Balaban J connectivity index is 1.50. The quantitative estimate of drug-likeness (QED) is 0.245. The number of amides is 2. The second-order valence-corrected chi connectivity index (χ2v) is 9.31. The van der Waals surface area contributed by atoms with Crippen molar-refractivity contribution in [2.45, 2.75) is 17.1 Å². The van der Waals surface area contributed by atoms with Crippen molar-refractivity contribution >= 4 is 40.9 Å². The molecule has 0 saturated carbocycles. The number of benzene rings is 4. The number of aromatic carboxylic acids is 1. The second kappa shape index (κ2) is 11.4. The van der Waals surface area contributed by atoms with Crippen molar-refractivity contribution in [3.05, 3.63) is 125 Å². The Hall–Kier alpha value is -4.36. The van der Waals surface area contributed by atoms with Gasteiger partial charge in [0, 0.05) is 21.8 Å². The first-order valence-electron chi connectivity index (χ1n) is 11.2. The van der Waals surface area contributed by atoms with Crippen LogP contribution in [0, 0.1) is 6.92 Å². The van der Waals surface area contributed by atoms with Crippen molar-refractivity contribution in [3.63, 3.8) is 0 Å². The lowest BCUT2D eigenvalue weighted by atomic mass is 10.1. The van der Waals surface area contributed by atoms with Crippen LogP contribution in [0.25, 0.3) is 0 Å². The van der Waals surface area contributed by atoms with Gasteiger partial charge in [-0.05, 0) is 67.1 Å². The average Bonchev–Trinajstić information content (AvgIpc) is 2.88. The first-order chi connectivity index (χ1) is 17.4. The van der Waals surface area contributed by atoms with Crippen LogP contribution >= 0.6 is 11.8 Å². The van der Waals surface area contributed by atoms with Crippen molar-refractivity contribution in [1.82, 2.24) is 0 Å². The molecule has 3 N–H and O–H groups in total. The standard InChI is InChI=1S/C29H24N2O4S/c1-19-7-5-10-21(17-19)27(32)30-23-13-15-25(16-14-23)36-26(20-8-3-2-4-9-20)28(33)31-24-12-6-11-22(18-24)29(34)35/h2-18,26H,1H3,(H,30,32)(H,31,33)(H,34,35). The van der Waals surface area contributed by atoms with Crippen LogP contribution in [-0.2, 0) is 4.79 Å². The number of nitrogens with one attached hydrogen (secondary N) is 2. The van der Waals surface area contributed by atoms with Gasteiger partial charge in [-0.2, -0.15) is 0 Å². The van der Waals surface area contributed by atoms with Gasteiger partial charge in [0.05, 0.1) is 5.56 Å². The topological polar surface area (TPSA) is 95.5 Å². The van der Waals surface area contributed by atoms with E-state index >= 15 is 0 Å². The fourth-order valence-electron chi connectivity index (χ4n) is 3.58. The molecule has 1 unspecified atom stereocenters. The van der Waals surface area contributed by atoms with Gasteiger partial charge < -0.3 is 15.7 Å². The highest BCUT2D eigenvalue weighted by atomic mass is 32.2. The molecule has 0 fully saturated rings. The zero-order chi connectivity index (χ0) is 25.5. The van der Waals surface area contributed by atoms with E-state index in [0.29, 0.717) is 16.9 Å². The highest BCUT2D eigenvalue weighted by molar-refractivity contribution is 8.00. The van der Waals surface area contributed by atoms with E-state index < -0.39 is 11.2 Å². The second-order valence-electron chi connectivity index (χ2n) is 8.13. The summed E-state index contributed by atoms with van der Waals surface area (Å²) in [7, 11) is 0. The number of carboxylic acids is 1. The molecule has 7 heteroatoms. The Morgan fingerprint density at radius 1 is 0.722 bits per heavy atom. The molecule has 2 amide bonds. The molecule has 0 aliphatic heterocycles. The van der Waals surface area contributed by atoms with E-state index in [1.807, 2.05) is 67.6 Å². The van der Waals surface area contributed by atoms with Crippen LogP contribution in [0.4, 0.5) is 11.4 Å². The third-order valence-electron chi connectivity index (χ3n) is 5.36. The molecule has 6 nitrogen and oxygen atoms in total. The fourth-order valence-corrected chi connectivity index (χ4v) is 4.61. The van der Waals surface area contributed by atoms with Gasteiger partial charge in [-0.25, -0.2) is 4.79 Å². The van der Waals surface area contributed by atoms with Crippen LogP contribution in [0.2, 0.25) is 0 Å². The van der Waals surface area contributed by atoms with Crippen molar-refractivity contribution in [2.24, 2.45) is 0 Å². The number of carbonyl (C=O) groups is 3. The number of hydrogen-bond acceptors (Lipinski definition) is 4. The third-order valence-corrected chi connectivity index (χ3v) is 6.63. The average molecular weight is 497 g/mol. The molecule has 0 heterocycles. The van der Waals surface area contributed by atoms with Gasteiger partial charge in [0.2, 0.25) is 5.91 Å². The Bertz CT molecular complexity index is 1390. The summed E-state index contributed by atoms with van der Waals surface area (Å²) in [5.74, 6) is -1.52. The number of thioether (sulfide) groups is 1. The van der Waals surface area contributed by atoms with Crippen LogP contribution in [0.15, 0.2) is 108 Å². The number of hydrogen-bond donors (Lipinski definition) is 3. The summed E-state index contributed by atoms with van der Waals surface area (Å²) in [5, 5.41) is 14.4. The van der Waals surface area contributed by atoms with E-state index in [2.05, 4.69) is 10.6 Å². The summed E-state index contributed by atoms with van der Waals surface area (Å²) in [4.78, 5) is 37.9. The Kier molecular flexibility index (Phi) is 7.82. The van der Waals surface area contributed by atoms with Crippen molar-refractivity contribution in [2.75, 3.05) is 10.6 Å². The molecule has 0 spiro atoms. The predicted octanol–water partition coefficient (Wildman–Crippen LogP) is 6.42. The highest BCUT2D eigenvalue weighted by Crippen LogP contribution is 2.36. The van der Waals surface area contributed by atoms with Crippen LogP contribution in [0.1, 0.15) is 37.1 Å². The molecule has 0 radical (unpaired) electrons. The van der Waals surface area contributed by atoms with Crippen molar-refractivity contribution < 1.29 is 19.5 Å². The molecule has 36 heavy (non-hydrogen) atoms. The van der Waals surface area contributed by atoms with E-state index in [0.717, 1.165) is 16.0 Å². The van der Waals surface area contributed by atoms with Gasteiger partial charge in [0.15, 0.2) is 0 Å². The van der Waals surface area contributed by atoms with Crippen LogP contribution in [0.3, 0.4) is 0 Å². The molecule has 0 aliphatic carbocycles. The molecule has 0 aliphatic rings. The summed E-state index contributed by atoms with van der Waals surface area (Å²) < 4.78 is 0. The smallest absolute Gasteiger partial charge is 0.335 e. The van der Waals surface area contributed by atoms with E-state index in [9.17, 15) is 19.5 Å². The summed E-state index contributed by atoms with van der Waals surface area (Å²) in [6, 6.07) is 30.2. The van der Waals surface area contributed by atoms with E-state index in [1.165, 1.54) is 23.9 Å². The third kappa shape index (κ3) is 6.40. The molecule has 4 rings (SSSR count).